The molecule has 1 heterocycles. The summed E-state index contributed by atoms with van der Waals surface area (Å²) in [5, 5.41) is 17.9. The van der Waals surface area contributed by atoms with E-state index in [0.29, 0.717) is 5.92 Å². The van der Waals surface area contributed by atoms with Crippen LogP contribution in [-0.2, 0) is 4.84 Å². The van der Waals surface area contributed by atoms with Crippen molar-refractivity contribution in [1.82, 2.24) is 5.32 Å². The number of nitrogens with one attached hydrogen (secondary N) is 1. The lowest BCUT2D eigenvalue weighted by Gasteiger charge is -2.25. The number of hydrogen-bond acceptors (Lipinski definition) is 4. The molecule has 1 saturated heterocycles. The second kappa shape index (κ2) is 8.45. The Morgan fingerprint density at radius 1 is 1.25 bits per heavy atom. The second-order valence-electron chi connectivity index (χ2n) is 6.89. The topological polar surface area (TPSA) is 53.9 Å². The molecule has 1 unspecified atom stereocenters. The highest BCUT2D eigenvalue weighted by Gasteiger charge is 2.30. The van der Waals surface area contributed by atoms with E-state index in [0.717, 1.165) is 44.5 Å². The zero-order valence-corrected chi connectivity index (χ0v) is 14.4. The summed E-state index contributed by atoms with van der Waals surface area (Å²) in [6.07, 6.45) is 6.86. The SMILES string of the molecule is C[C@@H](O)[C@@H](O/N=C1\CCCC\C1=C/c1ccccc1)C1CCNC1. The Labute approximate surface area is 144 Å². The van der Waals surface area contributed by atoms with Crippen molar-refractivity contribution in [3.8, 4) is 0 Å². The molecule has 0 bridgehead atoms. The van der Waals surface area contributed by atoms with Gasteiger partial charge in [-0.05, 0) is 62.8 Å². The van der Waals surface area contributed by atoms with E-state index in [1.54, 1.807) is 6.92 Å². The molecule has 3 rings (SSSR count). The third-order valence-electron chi connectivity index (χ3n) is 4.94. The summed E-state index contributed by atoms with van der Waals surface area (Å²) in [5.41, 5.74) is 3.51. The van der Waals surface area contributed by atoms with Gasteiger partial charge in [0.2, 0.25) is 0 Å². The van der Waals surface area contributed by atoms with Crippen molar-refractivity contribution in [1.29, 1.82) is 0 Å². The molecule has 130 valence electrons. The highest BCUT2D eigenvalue weighted by Crippen LogP contribution is 2.25. The van der Waals surface area contributed by atoms with Crippen LogP contribution in [0.5, 0.6) is 0 Å². The predicted molar refractivity (Wildman–Crippen MR) is 97.9 cm³/mol. The van der Waals surface area contributed by atoms with Crippen molar-refractivity contribution >= 4 is 11.8 Å². The number of hydrogen-bond donors (Lipinski definition) is 2. The summed E-state index contributed by atoms with van der Waals surface area (Å²) in [6, 6.07) is 10.4. The molecule has 2 N–H and O–H groups in total. The summed E-state index contributed by atoms with van der Waals surface area (Å²) < 4.78 is 0. The molecular weight excluding hydrogens is 300 g/mol. The largest absolute Gasteiger partial charge is 0.389 e. The van der Waals surface area contributed by atoms with Gasteiger partial charge >= 0.3 is 0 Å². The van der Waals surface area contributed by atoms with E-state index < -0.39 is 6.10 Å². The predicted octanol–water partition coefficient (Wildman–Crippen LogP) is 3.38. The molecule has 2 fully saturated rings. The van der Waals surface area contributed by atoms with Gasteiger partial charge in [0, 0.05) is 12.5 Å². The zero-order valence-electron chi connectivity index (χ0n) is 14.4. The Balaban J connectivity index is 1.74. The summed E-state index contributed by atoms with van der Waals surface area (Å²) in [7, 11) is 0. The van der Waals surface area contributed by atoms with E-state index in [1.807, 2.05) is 6.07 Å². The normalized spacial score (nSPS) is 27.3. The Morgan fingerprint density at radius 2 is 2.04 bits per heavy atom. The van der Waals surface area contributed by atoms with E-state index in [4.69, 9.17) is 4.84 Å². The maximum Gasteiger partial charge on any atom is 0.157 e. The van der Waals surface area contributed by atoms with Crippen molar-refractivity contribution in [2.45, 2.75) is 51.2 Å². The van der Waals surface area contributed by atoms with Crippen LogP contribution >= 0.6 is 0 Å². The Hall–Kier alpha value is -1.65. The number of allylic oxidation sites excluding steroid dienone is 1. The average Bonchev–Trinajstić information content (AvgIpc) is 3.11. The van der Waals surface area contributed by atoms with Gasteiger partial charge < -0.3 is 15.3 Å². The van der Waals surface area contributed by atoms with Crippen molar-refractivity contribution < 1.29 is 9.94 Å². The minimum Gasteiger partial charge on any atom is -0.389 e. The molecule has 4 nitrogen and oxygen atoms in total. The molecule has 1 aromatic rings. The van der Waals surface area contributed by atoms with Crippen LogP contribution in [-0.4, -0.2) is 36.1 Å². The highest BCUT2D eigenvalue weighted by molar-refractivity contribution is 6.03. The van der Waals surface area contributed by atoms with Gasteiger partial charge in [-0.3, -0.25) is 0 Å². The van der Waals surface area contributed by atoms with Gasteiger partial charge in [-0.2, -0.15) is 0 Å². The van der Waals surface area contributed by atoms with Crippen LogP contribution in [0.25, 0.3) is 6.08 Å². The highest BCUT2D eigenvalue weighted by atomic mass is 16.6. The summed E-state index contributed by atoms with van der Waals surface area (Å²) in [6.45, 7) is 3.69. The van der Waals surface area contributed by atoms with Gasteiger partial charge in [0.05, 0.1) is 11.8 Å². The monoisotopic (exact) mass is 328 g/mol. The second-order valence-corrected chi connectivity index (χ2v) is 6.89. The molecule has 3 atom stereocenters. The lowest BCUT2D eigenvalue weighted by Crippen LogP contribution is -2.34. The maximum atomic E-state index is 10.1. The molecule has 0 aromatic heterocycles. The first-order chi connectivity index (χ1) is 11.7. The van der Waals surface area contributed by atoms with Gasteiger partial charge in [-0.25, -0.2) is 0 Å². The van der Waals surface area contributed by atoms with Gasteiger partial charge in [-0.1, -0.05) is 35.5 Å². The van der Waals surface area contributed by atoms with Crippen molar-refractivity contribution in [2.24, 2.45) is 11.1 Å². The molecule has 4 heteroatoms. The van der Waals surface area contributed by atoms with E-state index in [-0.39, 0.29) is 6.10 Å². The molecular formula is C20H28N2O2. The fourth-order valence-corrected chi connectivity index (χ4v) is 3.57. The van der Waals surface area contributed by atoms with Crippen molar-refractivity contribution in [2.75, 3.05) is 13.1 Å². The number of aliphatic hydroxyl groups excluding tert-OH is 1. The van der Waals surface area contributed by atoms with Gasteiger partial charge in [-0.15, -0.1) is 0 Å². The molecule has 1 aromatic carbocycles. The first kappa shape index (κ1) is 17.2. The Bertz CT molecular complexity index is 575. The Kier molecular flexibility index (Phi) is 6.05. The molecule has 0 radical (unpaired) electrons. The molecule has 1 saturated carbocycles. The number of benzene rings is 1. The summed E-state index contributed by atoms with van der Waals surface area (Å²) in [5.74, 6) is 0.333. The molecule has 24 heavy (non-hydrogen) atoms. The first-order valence-electron chi connectivity index (χ1n) is 9.11. The van der Waals surface area contributed by atoms with Crippen LogP contribution in [0.3, 0.4) is 0 Å². The van der Waals surface area contributed by atoms with Gasteiger partial charge in [0.1, 0.15) is 0 Å². The van der Waals surface area contributed by atoms with Crippen molar-refractivity contribution in [3.05, 3.63) is 41.5 Å². The summed E-state index contributed by atoms with van der Waals surface area (Å²) >= 11 is 0. The number of oxime groups is 1. The van der Waals surface area contributed by atoms with Gasteiger partial charge in [0.15, 0.2) is 6.10 Å². The summed E-state index contributed by atoms with van der Waals surface area (Å²) in [4.78, 5) is 5.85. The Morgan fingerprint density at radius 3 is 2.75 bits per heavy atom. The quantitative estimate of drug-likeness (QED) is 0.815. The smallest absolute Gasteiger partial charge is 0.157 e. The molecule has 1 aliphatic carbocycles. The lowest BCUT2D eigenvalue weighted by atomic mass is 9.91. The van der Waals surface area contributed by atoms with E-state index in [9.17, 15) is 5.11 Å². The van der Waals surface area contributed by atoms with E-state index >= 15 is 0 Å². The van der Waals surface area contributed by atoms with Crippen LogP contribution in [0.4, 0.5) is 0 Å². The molecule has 2 aliphatic rings. The molecule has 0 amide bonds. The minimum absolute atomic E-state index is 0.229. The third-order valence-corrected chi connectivity index (χ3v) is 4.94. The van der Waals surface area contributed by atoms with E-state index in [1.165, 1.54) is 17.6 Å². The number of rotatable bonds is 5. The van der Waals surface area contributed by atoms with Crippen LogP contribution in [0.15, 0.2) is 41.1 Å². The van der Waals surface area contributed by atoms with Crippen molar-refractivity contribution in [3.63, 3.8) is 0 Å². The molecule has 0 spiro atoms. The fraction of sp³-hybridized carbons (Fsp3) is 0.550. The first-order valence-corrected chi connectivity index (χ1v) is 9.11. The van der Waals surface area contributed by atoms with E-state index in [2.05, 4.69) is 40.8 Å². The van der Waals surface area contributed by atoms with Crippen LogP contribution in [0, 0.1) is 5.92 Å². The standard InChI is InChI=1S/C20H28N2O2/c1-15(23)20(18-11-12-21-14-18)24-22-19-10-6-5-9-17(19)13-16-7-3-2-4-8-16/h2-4,7-8,13,15,18,20-21,23H,5-6,9-12,14H2,1H3/b17-13+,22-19+/t15-,18?,20-/m1/s1. The number of nitrogens with zero attached hydrogens (tertiary/aromatic N) is 1. The van der Waals surface area contributed by atoms with Crippen LogP contribution in [0.2, 0.25) is 0 Å². The zero-order chi connectivity index (χ0) is 16.8. The minimum atomic E-state index is -0.510. The van der Waals surface area contributed by atoms with Gasteiger partial charge in [0.25, 0.3) is 0 Å². The average molecular weight is 328 g/mol. The molecule has 1 aliphatic heterocycles. The van der Waals surface area contributed by atoms with Crippen LogP contribution < -0.4 is 5.32 Å². The lowest BCUT2D eigenvalue weighted by molar-refractivity contribution is -0.0559. The maximum absolute atomic E-state index is 10.1. The number of aliphatic hydroxyl groups is 1. The fourth-order valence-electron chi connectivity index (χ4n) is 3.57. The van der Waals surface area contributed by atoms with Crippen LogP contribution in [0.1, 0.15) is 44.6 Å². The third kappa shape index (κ3) is 4.46.